The Morgan fingerprint density at radius 3 is 2.43 bits per heavy atom. The van der Waals surface area contributed by atoms with Crippen LogP contribution in [0.2, 0.25) is 0 Å². The Hall–Kier alpha value is -2.04. The van der Waals surface area contributed by atoms with Gasteiger partial charge < -0.3 is 15.2 Å². The van der Waals surface area contributed by atoms with E-state index in [1.54, 1.807) is 0 Å². The Morgan fingerprint density at radius 1 is 1.24 bits per heavy atom. The number of benzene rings is 1. The Kier molecular flexibility index (Phi) is 4.21. The van der Waals surface area contributed by atoms with Gasteiger partial charge in [-0.05, 0) is 30.2 Å². The normalized spacial score (nSPS) is 23.5. The zero-order valence-electron chi connectivity index (χ0n) is 12.4. The van der Waals surface area contributed by atoms with Crippen molar-refractivity contribution in [3.05, 3.63) is 35.9 Å². The van der Waals surface area contributed by atoms with Gasteiger partial charge in [0.2, 0.25) is 0 Å². The van der Waals surface area contributed by atoms with Crippen molar-refractivity contribution in [2.24, 2.45) is 5.41 Å². The molecule has 5 heteroatoms. The number of carbonyl (C=O) groups excluding carboxylic acids is 1. The van der Waals surface area contributed by atoms with Crippen LogP contribution >= 0.6 is 0 Å². The van der Waals surface area contributed by atoms with E-state index in [2.05, 4.69) is 5.32 Å². The molecule has 1 aliphatic rings. The second-order valence-corrected chi connectivity index (χ2v) is 6.13. The molecule has 2 rings (SSSR count). The van der Waals surface area contributed by atoms with Crippen LogP contribution in [0.3, 0.4) is 0 Å². The topological polar surface area (TPSA) is 75.6 Å². The number of hydrogen-bond acceptors (Lipinski definition) is 3. The van der Waals surface area contributed by atoms with E-state index in [1.807, 2.05) is 44.2 Å². The predicted molar refractivity (Wildman–Crippen MR) is 77.8 cm³/mol. The molecule has 0 aliphatic heterocycles. The van der Waals surface area contributed by atoms with Crippen molar-refractivity contribution in [1.29, 1.82) is 0 Å². The third-order valence-electron chi connectivity index (χ3n) is 4.40. The number of aliphatic carboxylic acids is 1. The SMILES string of the molecule is CC1(C)CCCC1(NC(=O)OCc1ccccc1)C(=O)O. The number of carbonyl (C=O) groups is 2. The van der Waals surface area contributed by atoms with Crippen molar-refractivity contribution < 1.29 is 19.4 Å². The molecule has 1 aromatic rings. The van der Waals surface area contributed by atoms with Crippen molar-refractivity contribution in [3.63, 3.8) is 0 Å². The third-order valence-corrected chi connectivity index (χ3v) is 4.40. The van der Waals surface area contributed by atoms with Gasteiger partial charge in [0.15, 0.2) is 0 Å². The van der Waals surface area contributed by atoms with Gasteiger partial charge >= 0.3 is 12.1 Å². The summed E-state index contributed by atoms with van der Waals surface area (Å²) in [5.74, 6) is -0.998. The molecule has 1 atom stereocenters. The minimum atomic E-state index is -1.25. The molecule has 0 spiro atoms. The number of ether oxygens (including phenoxy) is 1. The highest BCUT2D eigenvalue weighted by Crippen LogP contribution is 2.46. The molecule has 2 N–H and O–H groups in total. The monoisotopic (exact) mass is 291 g/mol. The van der Waals surface area contributed by atoms with Crippen LogP contribution in [0.15, 0.2) is 30.3 Å². The average Bonchev–Trinajstić information content (AvgIpc) is 2.74. The molecule has 21 heavy (non-hydrogen) atoms. The maximum absolute atomic E-state index is 12.0. The second kappa shape index (κ2) is 5.76. The van der Waals surface area contributed by atoms with Crippen LogP contribution in [-0.4, -0.2) is 22.7 Å². The zero-order valence-corrected chi connectivity index (χ0v) is 12.4. The van der Waals surface area contributed by atoms with Crippen molar-refractivity contribution >= 4 is 12.1 Å². The summed E-state index contributed by atoms with van der Waals surface area (Å²) in [6, 6.07) is 9.29. The highest BCUT2D eigenvalue weighted by atomic mass is 16.5. The first-order valence-corrected chi connectivity index (χ1v) is 7.10. The van der Waals surface area contributed by atoms with Crippen LogP contribution < -0.4 is 5.32 Å². The predicted octanol–water partition coefficient (Wildman–Crippen LogP) is 2.95. The van der Waals surface area contributed by atoms with E-state index in [0.29, 0.717) is 6.42 Å². The standard InChI is InChI=1S/C16H21NO4/c1-15(2)9-6-10-16(15,13(18)19)17-14(20)21-11-12-7-4-3-5-8-12/h3-5,7-8H,6,9-11H2,1-2H3,(H,17,20)(H,18,19). The first-order chi connectivity index (χ1) is 9.87. The summed E-state index contributed by atoms with van der Waals surface area (Å²) in [7, 11) is 0. The van der Waals surface area contributed by atoms with Gasteiger partial charge in [0, 0.05) is 0 Å². The highest BCUT2D eigenvalue weighted by molar-refractivity contribution is 5.85. The molecule has 1 aromatic carbocycles. The van der Waals surface area contributed by atoms with Crippen LogP contribution in [-0.2, 0) is 16.1 Å². The van der Waals surface area contributed by atoms with Crippen LogP contribution in [0.25, 0.3) is 0 Å². The molecule has 0 bridgehead atoms. The quantitative estimate of drug-likeness (QED) is 0.894. The summed E-state index contributed by atoms with van der Waals surface area (Å²) in [5, 5.41) is 12.2. The highest BCUT2D eigenvalue weighted by Gasteiger charge is 2.55. The summed E-state index contributed by atoms with van der Waals surface area (Å²) in [6.07, 6.45) is 1.28. The van der Waals surface area contributed by atoms with Crippen LogP contribution in [0.5, 0.6) is 0 Å². The number of hydrogen-bond donors (Lipinski definition) is 2. The average molecular weight is 291 g/mol. The van der Waals surface area contributed by atoms with E-state index in [0.717, 1.165) is 18.4 Å². The molecule has 1 fully saturated rings. The van der Waals surface area contributed by atoms with Gasteiger partial charge in [-0.1, -0.05) is 44.2 Å². The fourth-order valence-corrected chi connectivity index (χ4v) is 2.96. The Morgan fingerprint density at radius 2 is 1.90 bits per heavy atom. The van der Waals surface area contributed by atoms with E-state index in [1.165, 1.54) is 0 Å². The molecule has 1 amide bonds. The number of nitrogens with one attached hydrogen (secondary N) is 1. The van der Waals surface area contributed by atoms with Crippen LogP contribution in [0.1, 0.15) is 38.7 Å². The summed E-state index contributed by atoms with van der Waals surface area (Å²) in [4.78, 5) is 23.7. The first-order valence-electron chi connectivity index (χ1n) is 7.10. The Bertz CT molecular complexity index is 526. The molecule has 114 valence electrons. The number of alkyl carbamates (subject to hydrolysis) is 1. The van der Waals surface area contributed by atoms with Crippen molar-refractivity contribution in [1.82, 2.24) is 5.32 Å². The van der Waals surface area contributed by atoms with Gasteiger partial charge in [0.1, 0.15) is 12.1 Å². The zero-order chi connectivity index (χ0) is 15.5. The fraction of sp³-hybridized carbons (Fsp3) is 0.500. The molecule has 5 nitrogen and oxygen atoms in total. The maximum atomic E-state index is 12.0. The minimum absolute atomic E-state index is 0.128. The second-order valence-electron chi connectivity index (χ2n) is 6.13. The van der Waals surface area contributed by atoms with Crippen molar-refractivity contribution in [2.45, 2.75) is 45.3 Å². The molecule has 0 heterocycles. The lowest BCUT2D eigenvalue weighted by Gasteiger charge is -2.37. The summed E-state index contributed by atoms with van der Waals surface area (Å²) in [6.45, 7) is 3.86. The summed E-state index contributed by atoms with van der Waals surface area (Å²) >= 11 is 0. The van der Waals surface area contributed by atoms with E-state index in [9.17, 15) is 14.7 Å². The molecule has 0 aromatic heterocycles. The third kappa shape index (κ3) is 3.01. The molecule has 1 saturated carbocycles. The smallest absolute Gasteiger partial charge is 0.408 e. The van der Waals surface area contributed by atoms with Crippen molar-refractivity contribution in [3.8, 4) is 0 Å². The Labute approximate surface area is 124 Å². The van der Waals surface area contributed by atoms with E-state index < -0.39 is 23.0 Å². The van der Waals surface area contributed by atoms with Gasteiger partial charge in [-0.25, -0.2) is 9.59 Å². The summed E-state index contributed by atoms with van der Waals surface area (Å²) in [5.41, 5.74) is -0.881. The summed E-state index contributed by atoms with van der Waals surface area (Å²) < 4.78 is 5.15. The molecule has 1 unspecified atom stereocenters. The molecule has 1 aliphatic carbocycles. The number of carboxylic acid groups (broad SMARTS) is 1. The van der Waals surface area contributed by atoms with Crippen molar-refractivity contribution in [2.75, 3.05) is 0 Å². The van der Waals surface area contributed by atoms with Crippen LogP contribution in [0.4, 0.5) is 4.79 Å². The lowest BCUT2D eigenvalue weighted by atomic mass is 9.75. The largest absolute Gasteiger partial charge is 0.479 e. The fourth-order valence-electron chi connectivity index (χ4n) is 2.96. The van der Waals surface area contributed by atoms with E-state index in [-0.39, 0.29) is 6.61 Å². The van der Waals surface area contributed by atoms with Gasteiger partial charge in [-0.3, -0.25) is 0 Å². The van der Waals surface area contributed by atoms with Crippen LogP contribution in [0, 0.1) is 5.41 Å². The molecular formula is C16H21NO4. The molecule has 0 radical (unpaired) electrons. The number of rotatable bonds is 4. The van der Waals surface area contributed by atoms with Gasteiger partial charge in [0.25, 0.3) is 0 Å². The first kappa shape index (κ1) is 15.4. The van der Waals surface area contributed by atoms with Gasteiger partial charge in [-0.2, -0.15) is 0 Å². The maximum Gasteiger partial charge on any atom is 0.408 e. The lowest BCUT2D eigenvalue weighted by Crippen LogP contribution is -2.60. The number of carboxylic acids is 1. The van der Waals surface area contributed by atoms with Gasteiger partial charge in [-0.15, -0.1) is 0 Å². The van der Waals surface area contributed by atoms with E-state index >= 15 is 0 Å². The van der Waals surface area contributed by atoms with Gasteiger partial charge in [0.05, 0.1) is 0 Å². The lowest BCUT2D eigenvalue weighted by molar-refractivity contribution is -0.148. The number of amides is 1. The molecular weight excluding hydrogens is 270 g/mol. The molecule has 0 saturated heterocycles. The van der Waals surface area contributed by atoms with E-state index in [4.69, 9.17) is 4.74 Å². The Balaban J connectivity index is 2.02. The minimum Gasteiger partial charge on any atom is -0.479 e.